The summed E-state index contributed by atoms with van der Waals surface area (Å²) < 4.78 is 0. The van der Waals surface area contributed by atoms with E-state index in [2.05, 4.69) is 199 Å². The van der Waals surface area contributed by atoms with Gasteiger partial charge in [0.15, 0.2) is 5.78 Å². The van der Waals surface area contributed by atoms with Crippen LogP contribution < -0.4 is 4.90 Å². The summed E-state index contributed by atoms with van der Waals surface area (Å²) in [6, 6.07) is 53.2. The van der Waals surface area contributed by atoms with Gasteiger partial charge in [-0.3, -0.25) is 4.79 Å². The molecule has 3 aliphatic carbocycles. The summed E-state index contributed by atoms with van der Waals surface area (Å²) >= 11 is 0. The zero-order valence-corrected chi connectivity index (χ0v) is 32.7. The van der Waals surface area contributed by atoms with E-state index in [9.17, 15) is 4.79 Å². The number of hydrogen-bond donors (Lipinski definition) is 0. The van der Waals surface area contributed by atoms with E-state index in [0.29, 0.717) is 0 Å². The molecule has 2 nitrogen and oxygen atoms in total. The first-order valence-electron chi connectivity index (χ1n) is 19.6. The molecule has 0 fully saturated rings. The molecule has 55 heavy (non-hydrogen) atoms. The topological polar surface area (TPSA) is 20.3 Å². The fourth-order valence-electron chi connectivity index (χ4n) is 9.73. The lowest BCUT2D eigenvalue weighted by Gasteiger charge is -2.30. The molecule has 0 saturated carbocycles. The number of rotatable bonds is 4. The SMILES string of the molecule is CC(C)(C)c1ccc2c(c1)C(=O)c1c(-c3ccc(N(c4ccc5c(c4)C(C)(C)c4ccccc4-5)c4ccc5c(c4)C(C)(C)c4ccccc4-5)cc3)cccc1-2. The minimum atomic E-state index is -0.121. The molecule has 0 bridgehead atoms. The average molecular weight is 712 g/mol. The van der Waals surface area contributed by atoms with Crippen molar-refractivity contribution in [3.63, 3.8) is 0 Å². The molecular weight excluding hydrogens is 667 g/mol. The number of benzene rings is 7. The van der Waals surface area contributed by atoms with Gasteiger partial charge in [0, 0.05) is 39.0 Å². The Morgan fingerprint density at radius 1 is 0.418 bits per heavy atom. The molecular formula is C53H45NO. The molecule has 3 aliphatic rings. The molecule has 7 aromatic carbocycles. The normalized spacial score (nSPS) is 15.1. The van der Waals surface area contributed by atoms with Crippen LogP contribution in [-0.4, -0.2) is 5.78 Å². The number of hydrogen-bond acceptors (Lipinski definition) is 2. The van der Waals surface area contributed by atoms with Crippen molar-refractivity contribution in [2.75, 3.05) is 4.90 Å². The monoisotopic (exact) mass is 711 g/mol. The molecule has 0 N–H and O–H groups in total. The van der Waals surface area contributed by atoms with Crippen LogP contribution in [0.5, 0.6) is 0 Å². The van der Waals surface area contributed by atoms with Gasteiger partial charge in [-0.15, -0.1) is 0 Å². The standard InChI is InChI=1S/C53H45NO/c1-51(2,3)33-21-26-38-43-16-12-15-37(49(43)50(55)44(38)29-33)32-19-22-34(23-20-32)54(35-24-27-41-39-13-8-10-17-45(39)52(4,5)47(41)30-35)36-25-28-42-40-14-9-11-18-46(40)53(6,7)48(42)31-36/h8-31H,1-7H3. The predicted octanol–water partition coefficient (Wildman–Crippen LogP) is 13.9. The minimum Gasteiger partial charge on any atom is -0.310 e. The molecule has 7 aromatic rings. The van der Waals surface area contributed by atoms with Gasteiger partial charge in [0.1, 0.15) is 0 Å². The summed E-state index contributed by atoms with van der Waals surface area (Å²) in [6.07, 6.45) is 0. The molecule has 0 amide bonds. The Morgan fingerprint density at radius 3 is 1.45 bits per heavy atom. The fourth-order valence-corrected chi connectivity index (χ4v) is 9.73. The molecule has 2 heteroatoms. The maximum absolute atomic E-state index is 14.2. The molecule has 0 aliphatic heterocycles. The summed E-state index contributed by atoms with van der Waals surface area (Å²) in [4.78, 5) is 16.6. The Hall–Kier alpha value is -5.99. The van der Waals surface area contributed by atoms with Crippen LogP contribution in [0.25, 0.3) is 44.5 Å². The van der Waals surface area contributed by atoms with Crippen molar-refractivity contribution >= 4 is 22.8 Å². The van der Waals surface area contributed by atoms with Crippen LogP contribution in [0, 0.1) is 0 Å². The van der Waals surface area contributed by atoms with Gasteiger partial charge in [-0.1, -0.05) is 152 Å². The van der Waals surface area contributed by atoms with Crippen molar-refractivity contribution in [3.8, 4) is 44.5 Å². The predicted molar refractivity (Wildman–Crippen MR) is 229 cm³/mol. The van der Waals surface area contributed by atoms with E-state index in [1.165, 1.54) is 50.1 Å². The highest BCUT2D eigenvalue weighted by Gasteiger charge is 2.38. The van der Waals surface area contributed by atoms with Gasteiger partial charge in [-0.25, -0.2) is 0 Å². The maximum atomic E-state index is 14.2. The molecule has 0 unspecified atom stereocenters. The quantitative estimate of drug-likeness (QED) is 0.181. The summed E-state index contributed by atoms with van der Waals surface area (Å²) in [7, 11) is 0. The van der Waals surface area contributed by atoms with Crippen LogP contribution in [-0.2, 0) is 16.2 Å². The summed E-state index contributed by atoms with van der Waals surface area (Å²) in [5.41, 5.74) is 20.6. The highest BCUT2D eigenvalue weighted by molar-refractivity contribution is 6.24. The molecule has 0 radical (unpaired) electrons. The second kappa shape index (κ2) is 11.5. The van der Waals surface area contributed by atoms with Crippen LogP contribution in [0.1, 0.15) is 92.2 Å². The van der Waals surface area contributed by atoms with Crippen molar-refractivity contribution < 1.29 is 4.79 Å². The number of nitrogens with zero attached hydrogens (tertiary/aromatic N) is 1. The number of carbonyl (C=O) groups excluding carboxylic acids is 1. The van der Waals surface area contributed by atoms with E-state index in [0.717, 1.165) is 50.4 Å². The van der Waals surface area contributed by atoms with Crippen molar-refractivity contribution in [3.05, 3.63) is 185 Å². The van der Waals surface area contributed by atoms with Gasteiger partial charge in [0.25, 0.3) is 0 Å². The molecule has 0 spiro atoms. The third kappa shape index (κ3) is 4.83. The third-order valence-electron chi connectivity index (χ3n) is 12.8. The van der Waals surface area contributed by atoms with Gasteiger partial charge in [-0.2, -0.15) is 0 Å². The largest absolute Gasteiger partial charge is 0.310 e. The lowest BCUT2D eigenvalue weighted by molar-refractivity contribution is 0.104. The summed E-state index contributed by atoms with van der Waals surface area (Å²) in [5.74, 6) is 0.112. The first-order valence-corrected chi connectivity index (χ1v) is 19.6. The first-order chi connectivity index (χ1) is 26.3. The van der Waals surface area contributed by atoms with Crippen molar-refractivity contribution in [1.29, 1.82) is 0 Å². The Labute approximate surface area is 325 Å². The Balaban J connectivity index is 1.10. The van der Waals surface area contributed by atoms with Gasteiger partial charge < -0.3 is 4.90 Å². The van der Waals surface area contributed by atoms with Crippen LogP contribution in [0.3, 0.4) is 0 Å². The first kappa shape index (κ1) is 33.6. The van der Waals surface area contributed by atoms with Gasteiger partial charge in [0.05, 0.1) is 0 Å². The number of ketones is 1. The van der Waals surface area contributed by atoms with Crippen LogP contribution in [0.4, 0.5) is 17.1 Å². The lowest BCUT2D eigenvalue weighted by atomic mass is 9.82. The molecule has 0 heterocycles. The highest BCUT2D eigenvalue weighted by atomic mass is 16.1. The van der Waals surface area contributed by atoms with Gasteiger partial charge in [-0.05, 0) is 120 Å². The number of anilines is 3. The van der Waals surface area contributed by atoms with E-state index in [-0.39, 0.29) is 22.0 Å². The number of fused-ring (bicyclic) bond motifs is 9. The summed E-state index contributed by atoms with van der Waals surface area (Å²) in [5, 5.41) is 0. The zero-order chi connectivity index (χ0) is 38.0. The molecule has 10 rings (SSSR count). The highest BCUT2D eigenvalue weighted by Crippen LogP contribution is 2.53. The Kier molecular flexibility index (Phi) is 7.03. The van der Waals surface area contributed by atoms with E-state index >= 15 is 0 Å². The van der Waals surface area contributed by atoms with Crippen LogP contribution in [0.2, 0.25) is 0 Å². The third-order valence-corrected chi connectivity index (χ3v) is 12.8. The second-order valence-electron chi connectivity index (χ2n) is 17.8. The van der Waals surface area contributed by atoms with E-state index in [1.807, 2.05) is 0 Å². The van der Waals surface area contributed by atoms with E-state index in [4.69, 9.17) is 0 Å². The molecule has 0 saturated heterocycles. The van der Waals surface area contributed by atoms with Gasteiger partial charge in [0.2, 0.25) is 0 Å². The maximum Gasteiger partial charge on any atom is 0.194 e. The second-order valence-corrected chi connectivity index (χ2v) is 17.8. The van der Waals surface area contributed by atoms with E-state index in [1.54, 1.807) is 0 Å². The Bertz CT molecular complexity index is 2650. The van der Waals surface area contributed by atoms with Crippen molar-refractivity contribution in [2.45, 2.75) is 64.7 Å². The molecule has 268 valence electrons. The van der Waals surface area contributed by atoms with Crippen molar-refractivity contribution in [1.82, 2.24) is 0 Å². The van der Waals surface area contributed by atoms with Gasteiger partial charge >= 0.3 is 0 Å². The van der Waals surface area contributed by atoms with E-state index < -0.39 is 0 Å². The minimum absolute atomic E-state index is 0.0360. The fraction of sp³-hybridized carbons (Fsp3) is 0.189. The molecule has 0 aromatic heterocycles. The smallest absolute Gasteiger partial charge is 0.194 e. The number of carbonyl (C=O) groups is 1. The summed E-state index contributed by atoms with van der Waals surface area (Å²) in [6.45, 7) is 16.0. The van der Waals surface area contributed by atoms with Crippen LogP contribution >= 0.6 is 0 Å². The van der Waals surface area contributed by atoms with Crippen molar-refractivity contribution in [2.24, 2.45) is 0 Å². The zero-order valence-electron chi connectivity index (χ0n) is 32.7. The molecule has 0 atom stereocenters. The lowest BCUT2D eigenvalue weighted by Crippen LogP contribution is -2.18. The van der Waals surface area contributed by atoms with Crippen LogP contribution in [0.15, 0.2) is 146 Å². The average Bonchev–Trinajstić information content (AvgIpc) is 3.70. The Morgan fingerprint density at radius 2 is 0.891 bits per heavy atom.